The number of imide groups is 1. The number of methoxy groups -OCH3 is 1. The molecule has 3 amide bonds. The van der Waals surface area contributed by atoms with Gasteiger partial charge in [-0.15, -0.1) is 0 Å². The van der Waals surface area contributed by atoms with E-state index in [2.05, 4.69) is 85.3 Å². The van der Waals surface area contributed by atoms with Crippen LogP contribution >= 0.6 is 11.6 Å². The smallest absolute Gasteiger partial charge is 0.255 e. The maximum atomic E-state index is 13.4. The number of piperazine rings is 1. The van der Waals surface area contributed by atoms with Crippen molar-refractivity contribution >= 4 is 90.6 Å². The van der Waals surface area contributed by atoms with Crippen molar-refractivity contribution < 1.29 is 27.5 Å². The van der Waals surface area contributed by atoms with Gasteiger partial charge in [-0.3, -0.25) is 44.2 Å². The number of piperidine rings is 2. The van der Waals surface area contributed by atoms with Gasteiger partial charge in [0, 0.05) is 118 Å². The summed E-state index contributed by atoms with van der Waals surface area (Å²) in [7, 11) is -2.03. The van der Waals surface area contributed by atoms with Crippen LogP contribution in [-0.4, -0.2) is 145 Å². The minimum Gasteiger partial charge on any atom is -0.494 e. The fourth-order valence-corrected chi connectivity index (χ4v) is 11.1. The van der Waals surface area contributed by atoms with Crippen molar-refractivity contribution in [1.82, 2.24) is 40.0 Å². The summed E-state index contributed by atoms with van der Waals surface area (Å²) in [5.74, 6) is 0.347. The molecule has 5 aliphatic heterocycles. The Kier molecular flexibility index (Phi) is 12.4. The Morgan fingerprint density at radius 2 is 1.60 bits per heavy atom. The molecule has 4 N–H and O–H groups in total. The van der Waals surface area contributed by atoms with Crippen LogP contribution in [0.25, 0.3) is 11.0 Å². The van der Waals surface area contributed by atoms with Crippen LogP contribution in [0.15, 0.2) is 61.1 Å². The predicted octanol–water partition coefficient (Wildman–Crippen LogP) is 4.74. The van der Waals surface area contributed by atoms with Crippen LogP contribution in [0.5, 0.6) is 5.75 Å². The summed E-state index contributed by atoms with van der Waals surface area (Å²) in [6, 6.07) is 13.8. The fraction of sp³-hybridized carbons (Fsp3) is 0.426. The van der Waals surface area contributed by atoms with Crippen molar-refractivity contribution in [3.63, 3.8) is 0 Å². The number of hydrogen-bond acceptors (Lipinski definition) is 16. The molecule has 4 saturated heterocycles. The number of anilines is 7. The number of fused-ring (bicyclic) bond motifs is 2. The van der Waals surface area contributed by atoms with Gasteiger partial charge in [0.2, 0.25) is 27.8 Å². The Morgan fingerprint density at radius 3 is 2.32 bits per heavy atom. The van der Waals surface area contributed by atoms with E-state index in [1.807, 2.05) is 12.1 Å². The van der Waals surface area contributed by atoms with Gasteiger partial charge in [0.05, 0.1) is 42.1 Å². The molecule has 2 aromatic heterocycles. The zero-order chi connectivity index (χ0) is 47.3. The van der Waals surface area contributed by atoms with Gasteiger partial charge in [-0.25, -0.2) is 13.4 Å². The van der Waals surface area contributed by atoms with E-state index in [0.29, 0.717) is 58.8 Å². The monoisotopic (exact) mass is 963 g/mol. The first-order valence-electron chi connectivity index (χ1n) is 23.1. The summed E-state index contributed by atoms with van der Waals surface area (Å²) in [6.07, 6.45) is 9.09. The summed E-state index contributed by atoms with van der Waals surface area (Å²) < 4.78 is 33.2. The van der Waals surface area contributed by atoms with E-state index in [-0.39, 0.29) is 46.6 Å². The molecule has 0 bridgehead atoms. The molecule has 356 valence electrons. The summed E-state index contributed by atoms with van der Waals surface area (Å²) >= 11 is 6.58. The number of benzene rings is 3. The molecule has 5 aromatic rings. The van der Waals surface area contributed by atoms with Crippen molar-refractivity contribution in [3.8, 4) is 5.75 Å². The second kappa shape index (κ2) is 18.6. The maximum absolute atomic E-state index is 13.4. The van der Waals surface area contributed by atoms with Gasteiger partial charge in [-0.2, -0.15) is 4.98 Å². The van der Waals surface area contributed by atoms with E-state index in [1.165, 1.54) is 18.6 Å². The minimum absolute atomic E-state index is 0.138. The first-order chi connectivity index (χ1) is 32.8. The largest absolute Gasteiger partial charge is 0.494 e. The molecule has 0 radical (unpaired) electrons. The zero-order valence-corrected chi connectivity index (χ0v) is 39.7. The number of aryl methyl sites for hydroxylation is 1. The molecule has 19 nitrogen and oxygen atoms in total. The molecule has 21 heteroatoms. The number of carbonyl (C=O) groups is 3. The molecule has 68 heavy (non-hydrogen) atoms. The summed E-state index contributed by atoms with van der Waals surface area (Å²) in [5.41, 5.74) is 7.18. The average Bonchev–Trinajstić information content (AvgIpc) is 3.66. The van der Waals surface area contributed by atoms with Crippen molar-refractivity contribution in [3.05, 3.63) is 82.8 Å². The molecular formula is C47H54ClN13O6S. The Morgan fingerprint density at radius 1 is 0.853 bits per heavy atom. The number of halogens is 1. The van der Waals surface area contributed by atoms with Crippen molar-refractivity contribution in [1.29, 1.82) is 0 Å². The third-order valence-corrected chi connectivity index (χ3v) is 14.8. The van der Waals surface area contributed by atoms with Crippen molar-refractivity contribution in [2.24, 2.45) is 0 Å². The SMILES string of the molecule is CCc1cc(Nc2ncc(Cl)c(Nc3ccc4nccnc4c3NS(C)(=O)=O)n2)c(OC)cc1N1CCC(N2CCN(C3CN(c4cccc5c4CN(C4CCC(=O)NC4=O)C5=O)C3)CC2)CC1. The number of nitrogens with zero attached hydrogens (tertiary/aromatic N) is 9. The molecule has 5 aliphatic rings. The number of sulfonamides is 1. The van der Waals surface area contributed by atoms with Gasteiger partial charge in [0.1, 0.15) is 22.3 Å². The molecule has 0 spiro atoms. The molecule has 0 saturated carbocycles. The molecule has 3 aromatic carbocycles. The van der Waals surface area contributed by atoms with E-state index in [0.717, 1.165) is 100 Å². The lowest BCUT2D eigenvalue weighted by Gasteiger charge is -2.51. The standard InChI is InChI=1S/C47H54ClN13O6S/c1-4-28-22-36(53-47-51-24-33(48)44(55-47)52-35-9-8-34-42(50-15-14-49-34)43(35)56-68(3,65)66)40(67-2)23-39(28)59-16-12-29(13-17-59)57-18-20-58(21-19-57)30-25-60(26-30)37-7-5-6-31-32(37)27-61(46(31)64)38-10-11-41(62)54-45(38)63/h5-9,14-15,22-24,29-30,38,56H,4,10-13,16-21,25-27H2,1-3H3,(H,54,62,63)(H2,51,52,53,55). The number of nitrogens with one attached hydrogen (secondary N) is 4. The number of amides is 3. The molecular weight excluding hydrogens is 910 g/mol. The first kappa shape index (κ1) is 45.4. The second-order valence-electron chi connectivity index (χ2n) is 18.0. The summed E-state index contributed by atoms with van der Waals surface area (Å²) in [5, 5.41) is 9.11. The first-order valence-corrected chi connectivity index (χ1v) is 25.3. The minimum atomic E-state index is -3.67. The van der Waals surface area contributed by atoms with E-state index in [9.17, 15) is 22.8 Å². The molecule has 7 heterocycles. The topological polar surface area (TPSA) is 210 Å². The van der Waals surface area contributed by atoms with Crippen LogP contribution in [0.3, 0.4) is 0 Å². The number of hydrogen-bond donors (Lipinski definition) is 4. The second-order valence-corrected chi connectivity index (χ2v) is 20.2. The lowest BCUT2D eigenvalue weighted by Crippen LogP contribution is -2.64. The molecule has 4 fully saturated rings. The van der Waals surface area contributed by atoms with Crippen molar-refractivity contribution in [2.45, 2.75) is 63.7 Å². The van der Waals surface area contributed by atoms with E-state index in [1.54, 1.807) is 24.1 Å². The number of aromatic nitrogens is 4. The van der Waals surface area contributed by atoms with Crippen LogP contribution < -0.4 is 35.2 Å². The number of ether oxygens (including phenoxy) is 1. The Balaban J connectivity index is 0.739. The van der Waals surface area contributed by atoms with Gasteiger partial charge < -0.3 is 30.1 Å². The Hall–Kier alpha value is -6.35. The Labute approximate surface area is 399 Å². The highest BCUT2D eigenvalue weighted by atomic mass is 35.5. The van der Waals surface area contributed by atoms with Gasteiger partial charge in [-0.1, -0.05) is 24.6 Å². The predicted molar refractivity (Wildman–Crippen MR) is 261 cm³/mol. The lowest BCUT2D eigenvalue weighted by molar-refractivity contribution is -0.136. The molecule has 0 aliphatic carbocycles. The highest BCUT2D eigenvalue weighted by Gasteiger charge is 2.42. The normalized spacial score (nSPS) is 19.8. The zero-order valence-electron chi connectivity index (χ0n) is 38.2. The van der Waals surface area contributed by atoms with Crippen LogP contribution in [0.4, 0.5) is 40.2 Å². The third kappa shape index (κ3) is 9.04. The van der Waals surface area contributed by atoms with Gasteiger partial charge in [0.15, 0.2) is 5.82 Å². The third-order valence-electron chi connectivity index (χ3n) is 13.9. The highest BCUT2D eigenvalue weighted by Crippen LogP contribution is 2.40. The van der Waals surface area contributed by atoms with Crippen molar-refractivity contribution in [2.75, 3.05) is 90.9 Å². The molecule has 10 rings (SSSR count). The molecule has 1 atom stereocenters. The number of rotatable bonds is 13. The van der Waals surface area contributed by atoms with Crippen LogP contribution in [0.1, 0.15) is 54.1 Å². The van der Waals surface area contributed by atoms with Gasteiger partial charge in [-0.05, 0) is 61.6 Å². The highest BCUT2D eigenvalue weighted by molar-refractivity contribution is 7.92. The Bertz CT molecular complexity index is 2900. The fourth-order valence-electron chi connectivity index (χ4n) is 10.3. The van der Waals surface area contributed by atoms with Crippen LogP contribution in [0.2, 0.25) is 5.02 Å². The average molecular weight is 965 g/mol. The van der Waals surface area contributed by atoms with E-state index < -0.39 is 16.1 Å². The van der Waals surface area contributed by atoms with Crippen LogP contribution in [0, 0.1) is 0 Å². The maximum Gasteiger partial charge on any atom is 0.255 e. The van der Waals surface area contributed by atoms with E-state index >= 15 is 0 Å². The van der Waals surface area contributed by atoms with Gasteiger partial charge >= 0.3 is 0 Å². The van der Waals surface area contributed by atoms with Crippen LogP contribution in [-0.2, 0) is 32.6 Å². The quantitative estimate of drug-likeness (QED) is 0.118. The number of carbonyl (C=O) groups excluding carboxylic acids is 3. The van der Waals surface area contributed by atoms with Gasteiger partial charge in [0.25, 0.3) is 5.91 Å². The lowest BCUT2D eigenvalue weighted by atomic mass is 9.98. The van der Waals surface area contributed by atoms with E-state index in [4.69, 9.17) is 16.3 Å². The summed E-state index contributed by atoms with van der Waals surface area (Å²) in [6.45, 7) is 10.3. The molecule has 1 unspecified atom stereocenters. The summed E-state index contributed by atoms with van der Waals surface area (Å²) in [4.78, 5) is 67.3.